The van der Waals surface area contributed by atoms with E-state index in [0.29, 0.717) is 0 Å². The first-order valence-electron chi connectivity index (χ1n) is 3.57. The Kier molecular flexibility index (Phi) is 3.02. The Morgan fingerprint density at radius 1 is 1.67 bits per heavy atom. The largest absolute Gasteiger partial charge is 0.481 e. The Morgan fingerprint density at radius 2 is 2.50 bits per heavy atom. The van der Waals surface area contributed by atoms with Crippen LogP contribution in [0.4, 0.5) is 0 Å². The molecule has 1 heterocycles. The van der Waals surface area contributed by atoms with Gasteiger partial charge in [0, 0.05) is 12.4 Å². The molecule has 0 bridgehead atoms. The van der Waals surface area contributed by atoms with Crippen LogP contribution in [0.1, 0.15) is 12.0 Å². The molecule has 1 aromatic rings. The molecular formula is C9H9NO2. The number of carboxylic acid groups (broad SMARTS) is 1. The number of pyridine rings is 1. The van der Waals surface area contributed by atoms with Crippen LogP contribution < -0.4 is 0 Å². The Hall–Kier alpha value is -1.64. The lowest BCUT2D eigenvalue weighted by Crippen LogP contribution is -1.89. The maximum absolute atomic E-state index is 10.1. The SMILES string of the molecule is O=C(O)CC=Cc1cccnc1. The van der Waals surface area contributed by atoms with E-state index in [2.05, 4.69) is 4.98 Å². The fraction of sp³-hybridized carbons (Fsp3) is 0.111. The van der Waals surface area contributed by atoms with Crippen molar-refractivity contribution in [2.75, 3.05) is 0 Å². The summed E-state index contributed by atoms with van der Waals surface area (Å²) in [4.78, 5) is 14.0. The molecule has 0 aliphatic carbocycles. The molecule has 0 aliphatic rings. The molecule has 3 nitrogen and oxygen atoms in total. The van der Waals surface area contributed by atoms with E-state index < -0.39 is 5.97 Å². The summed E-state index contributed by atoms with van der Waals surface area (Å²) in [7, 11) is 0. The van der Waals surface area contributed by atoms with Gasteiger partial charge in [0.15, 0.2) is 0 Å². The number of rotatable bonds is 3. The number of hydrogen-bond acceptors (Lipinski definition) is 2. The molecule has 0 unspecified atom stereocenters. The number of hydrogen-bond donors (Lipinski definition) is 1. The van der Waals surface area contributed by atoms with E-state index in [1.165, 1.54) is 0 Å². The van der Waals surface area contributed by atoms with Crippen LogP contribution in [0.25, 0.3) is 6.08 Å². The minimum atomic E-state index is -0.824. The molecule has 62 valence electrons. The van der Waals surface area contributed by atoms with Crippen LogP contribution in [0.3, 0.4) is 0 Å². The van der Waals surface area contributed by atoms with Gasteiger partial charge in [-0.1, -0.05) is 18.2 Å². The van der Waals surface area contributed by atoms with E-state index in [-0.39, 0.29) is 6.42 Å². The van der Waals surface area contributed by atoms with Crippen LogP contribution in [0, 0.1) is 0 Å². The van der Waals surface area contributed by atoms with Crippen molar-refractivity contribution >= 4 is 12.0 Å². The number of aliphatic carboxylic acids is 1. The van der Waals surface area contributed by atoms with E-state index >= 15 is 0 Å². The van der Waals surface area contributed by atoms with Gasteiger partial charge in [0.2, 0.25) is 0 Å². The molecule has 0 aromatic carbocycles. The quantitative estimate of drug-likeness (QED) is 0.735. The average molecular weight is 163 g/mol. The van der Waals surface area contributed by atoms with E-state index in [1.54, 1.807) is 30.6 Å². The lowest BCUT2D eigenvalue weighted by atomic mass is 10.2. The lowest BCUT2D eigenvalue weighted by molar-refractivity contribution is -0.135. The van der Waals surface area contributed by atoms with Crippen LogP contribution in [-0.2, 0) is 4.79 Å². The van der Waals surface area contributed by atoms with Gasteiger partial charge in [0.1, 0.15) is 0 Å². The Morgan fingerprint density at radius 3 is 3.08 bits per heavy atom. The van der Waals surface area contributed by atoms with E-state index in [0.717, 1.165) is 5.56 Å². The van der Waals surface area contributed by atoms with Crippen LogP contribution in [0.2, 0.25) is 0 Å². The smallest absolute Gasteiger partial charge is 0.307 e. The van der Waals surface area contributed by atoms with Gasteiger partial charge in [-0.3, -0.25) is 9.78 Å². The molecule has 1 aromatic heterocycles. The third kappa shape index (κ3) is 2.96. The molecule has 0 saturated heterocycles. The molecule has 0 saturated carbocycles. The molecule has 0 amide bonds. The highest BCUT2D eigenvalue weighted by Gasteiger charge is 1.89. The van der Waals surface area contributed by atoms with Crippen molar-refractivity contribution in [2.45, 2.75) is 6.42 Å². The normalized spacial score (nSPS) is 10.3. The van der Waals surface area contributed by atoms with Crippen molar-refractivity contribution in [2.24, 2.45) is 0 Å². The molecular weight excluding hydrogens is 154 g/mol. The van der Waals surface area contributed by atoms with Crippen molar-refractivity contribution in [3.05, 3.63) is 36.2 Å². The van der Waals surface area contributed by atoms with Crippen molar-refractivity contribution in [3.8, 4) is 0 Å². The summed E-state index contributed by atoms with van der Waals surface area (Å²) < 4.78 is 0. The summed E-state index contributed by atoms with van der Waals surface area (Å²) in [5.74, 6) is -0.824. The Bertz CT molecular complexity index is 280. The second kappa shape index (κ2) is 4.28. The summed E-state index contributed by atoms with van der Waals surface area (Å²) in [5, 5.41) is 8.32. The first kappa shape index (κ1) is 8.46. The number of carbonyl (C=O) groups is 1. The van der Waals surface area contributed by atoms with Crippen molar-refractivity contribution in [1.82, 2.24) is 4.98 Å². The molecule has 0 spiro atoms. The standard InChI is InChI=1S/C9H9NO2/c11-9(12)5-1-3-8-4-2-6-10-7-8/h1-4,6-7H,5H2,(H,11,12). The molecule has 0 atom stereocenters. The third-order valence-corrected chi connectivity index (χ3v) is 1.29. The second-order valence-electron chi connectivity index (χ2n) is 2.29. The molecule has 1 rings (SSSR count). The van der Waals surface area contributed by atoms with E-state index in [1.807, 2.05) is 6.07 Å². The summed E-state index contributed by atoms with van der Waals surface area (Å²) >= 11 is 0. The minimum Gasteiger partial charge on any atom is -0.481 e. The van der Waals surface area contributed by atoms with E-state index in [9.17, 15) is 4.79 Å². The predicted molar refractivity (Wildman–Crippen MR) is 45.5 cm³/mol. The zero-order chi connectivity index (χ0) is 8.81. The number of carboxylic acids is 1. The number of nitrogens with zero attached hydrogens (tertiary/aromatic N) is 1. The maximum Gasteiger partial charge on any atom is 0.307 e. The first-order valence-corrected chi connectivity index (χ1v) is 3.57. The predicted octanol–water partition coefficient (Wildman–Crippen LogP) is 1.57. The van der Waals surface area contributed by atoms with Gasteiger partial charge in [-0.15, -0.1) is 0 Å². The van der Waals surface area contributed by atoms with Gasteiger partial charge in [-0.2, -0.15) is 0 Å². The van der Waals surface area contributed by atoms with Crippen LogP contribution in [-0.4, -0.2) is 16.1 Å². The zero-order valence-electron chi connectivity index (χ0n) is 6.47. The fourth-order valence-corrected chi connectivity index (χ4v) is 0.770. The highest BCUT2D eigenvalue weighted by molar-refractivity contribution is 5.70. The highest BCUT2D eigenvalue weighted by Crippen LogP contribution is 1.99. The number of aromatic nitrogens is 1. The van der Waals surface area contributed by atoms with Gasteiger partial charge in [0.05, 0.1) is 6.42 Å². The van der Waals surface area contributed by atoms with Gasteiger partial charge in [0.25, 0.3) is 0 Å². The summed E-state index contributed by atoms with van der Waals surface area (Å²) in [6.45, 7) is 0. The van der Waals surface area contributed by atoms with E-state index in [4.69, 9.17) is 5.11 Å². The summed E-state index contributed by atoms with van der Waals surface area (Å²) in [5.41, 5.74) is 0.916. The Labute approximate surface area is 70.4 Å². The van der Waals surface area contributed by atoms with Gasteiger partial charge < -0.3 is 5.11 Å². The average Bonchev–Trinajstić information content (AvgIpc) is 2.05. The van der Waals surface area contributed by atoms with Crippen molar-refractivity contribution < 1.29 is 9.90 Å². The first-order chi connectivity index (χ1) is 5.79. The van der Waals surface area contributed by atoms with Crippen molar-refractivity contribution in [1.29, 1.82) is 0 Å². The van der Waals surface area contributed by atoms with Gasteiger partial charge in [-0.25, -0.2) is 0 Å². The summed E-state index contributed by atoms with van der Waals surface area (Å²) in [6.07, 6.45) is 6.74. The maximum atomic E-state index is 10.1. The van der Waals surface area contributed by atoms with Gasteiger partial charge in [-0.05, 0) is 11.6 Å². The molecule has 0 radical (unpaired) electrons. The summed E-state index contributed by atoms with van der Waals surface area (Å²) in [6, 6.07) is 3.67. The minimum absolute atomic E-state index is 0.0505. The molecule has 0 aliphatic heterocycles. The third-order valence-electron chi connectivity index (χ3n) is 1.29. The second-order valence-corrected chi connectivity index (χ2v) is 2.29. The van der Waals surface area contributed by atoms with Crippen LogP contribution in [0.15, 0.2) is 30.6 Å². The molecule has 3 heteroatoms. The highest BCUT2D eigenvalue weighted by atomic mass is 16.4. The van der Waals surface area contributed by atoms with Gasteiger partial charge >= 0.3 is 5.97 Å². The van der Waals surface area contributed by atoms with Crippen molar-refractivity contribution in [3.63, 3.8) is 0 Å². The van der Waals surface area contributed by atoms with Crippen LogP contribution in [0.5, 0.6) is 0 Å². The Balaban J connectivity index is 2.52. The zero-order valence-corrected chi connectivity index (χ0v) is 6.47. The molecule has 12 heavy (non-hydrogen) atoms. The fourth-order valence-electron chi connectivity index (χ4n) is 0.770. The molecule has 1 N–H and O–H groups in total. The topological polar surface area (TPSA) is 50.2 Å². The lowest BCUT2D eigenvalue weighted by Gasteiger charge is -1.88. The monoisotopic (exact) mass is 163 g/mol. The van der Waals surface area contributed by atoms with Crippen LogP contribution >= 0.6 is 0 Å². The molecule has 0 fully saturated rings.